The van der Waals surface area contributed by atoms with Crippen molar-refractivity contribution in [2.75, 3.05) is 18.8 Å². The fraction of sp³-hybridized carbons (Fsp3) is 0.526. The molecule has 2 N–H and O–H groups in total. The van der Waals surface area contributed by atoms with Crippen molar-refractivity contribution in [1.29, 1.82) is 0 Å². The van der Waals surface area contributed by atoms with E-state index < -0.39 is 0 Å². The highest BCUT2D eigenvalue weighted by atomic mass is 16.2. The largest absolute Gasteiger partial charge is 0.399 e. The zero-order valence-corrected chi connectivity index (χ0v) is 15.1. The maximum Gasteiger partial charge on any atom is 0.222 e. The van der Waals surface area contributed by atoms with Gasteiger partial charge in [-0.15, -0.1) is 0 Å². The highest BCUT2D eigenvalue weighted by molar-refractivity contribution is 5.76. The number of anilines is 1. The Hall–Kier alpha value is -2.37. The third-order valence-electron chi connectivity index (χ3n) is 4.93. The molecule has 1 fully saturated rings. The number of nitrogens with two attached hydrogens (primary N) is 1. The zero-order chi connectivity index (χ0) is 17.8. The summed E-state index contributed by atoms with van der Waals surface area (Å²) in [6, 6.07) is 7.77. The van der Waals surface area contributed by atoms with Crippen LogP contribution in [0, 0.1) is 19.8 Å². The summed E-state index contributed by atoms with van der Waals surface area (Å²) in [6.07, 6.45) is 3.40. The molecule has 2 heterocycles. The van der Waals surface area contributed by atoms with Crippen LogP contribution in [0.3, 0.4) is 0 Å². The van der Waals surface area contributed by atoms with Gasteiger partial charge in [0.05, 0.1) is 0 Å². The smallest absolute Gasteiger partial charge is 0.222 e. The van der Waals surface area contributed by atoms with Crippen LogP contribution in [0.2, 0.25) is 0 Å². The quantitative estimate of drug-likeness (QED) is 0.847. The van der Waals surface area contributed by atoms with E-state index in [0.29, 0.717) is 18.8 Å². The van der Waals surface area contributed by atoms with Gasteiger partial charge in [0.2, 0.25) is 5.91 Å². The van der Waals surface area contributed by atoms with Crippen molar-refractivity contribution in [2.24, 2.45) is 5.92 Å². The third-order valence-corrected chi connectivity index (χ3v) is 4.93. The van der Waals surface area contributed by atoms with Crippen LogP contribution in [0.1, 0.15) is 36.5 Å². The molecule has 0 aliphatic carbocycles. The molecular formula is C19H27N5O. The molecule has 1 aromatic heterocycles. The van der Waals surface area contributed by atoms with E-state index in [1.165, 1.54) is 0 Å². The second kappa shape index (κ2) is 7.68. The minimum Gasteiger partial charge on any atom is -0.399 e. The van der Waals surface area contributed by atoms with Crippen LogP contribution in [0.25, 0.3) is 0 Å². The molecule has 1 saturated heterocycles. The van der Waals surface area contributed by atoms with E-state index in [0.717, 1.165) is 55.4 Å². The third kappa shape index (κ3) is 4.38. The molecule has 0 radical (unpaired) electrons. The molecule has 1 atom stereocenters. The molecule has 1 aromatic carbocycles. The fourth-order valence-electron chi connectivity index (χ4n) is 3.58. The first-order valence-corrected chi connectivity index (χ1v) is 9.02. The molecule has 1 aliphatic heterocycles. The van der Waals surface area contributed by atoms with Gasteiger partial charge in [-0.3, -0.25) is 4.79 Å². The summed E-state index contributed by atoms with van der Waals surface area (Å²) in [4.78, 5) is 19.0. The van der Waals surface area contributed by atoms with Crippen molar-refractivity contribution >= 4 is 11.6 Å². The summed E-state index contributed by atoms with van der Waals surface area (Å²) in [5.41, 5.74) is 7.79. The van der Waals surface area contributed by atoms with Crippen LogP contribution in [-0.2, 0) is 17.8 Å². The van der Waals surface area contributed by atoms with Crippen molar-refractivity contribution in [2.45, 2.75) is 46.1 Å². The summed E-state index contributed by atoms with van der Waals surface area (Å²) >= 11 is 0. The van der Waals surface area contributed by atoms with Gasteiger partial charge in [-0.25, -0.2) is 9.67 Å². The molecule has 1 aliphatic rings. The molecule has 25 heavy (non-hydrogen) atoms. The number of para-hydroxylation sites is 1. The Morgan fingerprint density at radius 2 is 2.12 bits per heavy atom. The second-order valence-electron chi connectivity index (χ2n) is 6.94. The van der Waals surface area contributed by atoms with Crippen molar-refractivity contribution in [1.82, 2.24) is 19.7 Å². The fourth-order valence-corrected chi connectivity index (χ4v) is 3.58. The number of rotatable bonds is 5. The summed E-state index contributed by atoms with van der Waals surface area (Å²) in [5, 5.41) is 4.45. The minimum atomic E-state index is 0.222. The normalized spacial score (nSPS) is 17.7. The Labute approximate surface area is 149 Å². The summed E-state index contributed by atoms with van der Waals surface area (Å²) in [7, 11) is 0. The highest BCUT2D eigenvalue weighted by Gasteiger charge is 2.24. The van der Waals surface area contributed by atoms with Crippen LogP contribution < -0.4 is 5.73 Å². The van der Waals surface area contributed by atoms with Crippen molar-refractivity contribution in [3.05, 3.63) is 41.5 Å². The average molecular weight is 341 g/mol. The SMILES string of the molecule is Cc1nc(C)n(CC2CCCN(C(=O)CCc3ccccc3N)C2)n1. The van der Waals surface area contributed by atoms with E-state index in [-0.39, 0.29) is 5.91 Å². The molecule has 0 bridgehead atoms. The standard InChI is InChI=1S/C19H27N5O/c1-14-21-15(2)24(22-14)13-16-6-5-11-23(12-16)19(25)10-9-17-7-3-4-8-18(17)20/h3-4,7-8,16H,5-6,9-13,20H2,1-2H3. The van der Waals surface area contributed by atoms with Gasteiger partial charge in [-0.05, 0) is 50.7 Å². The van der Waals surface area contributed by atoms with Gasteiger partial charge < -0.3 is 10.6 Å². The molecule has 3 rings (SSSR count). The molecule has 2 aromatic rings. The number of nitrogens with zero attached hydrogens (tertiary/aromatic N) is 4. The minimum absolute atomic E-state index is 0.222. The van der Waals surface area contributed by atoms with Gasteiger partial charge in [0.1, 0.15) is 11.6 Å². The Kier molecular flexibility index (Phi) is 5.36. The van der Waals surface area contributed by atoms with Crippen LogP contribution in [-0.4, -0.2) is 38.7 Å². The van der Waals surface area contributed by atoms with Gasteiger partial charge in [0, 0.05) is 31.7 Å². The van der Waals surface area contributed by atoms with Gasteiger partial charge in [-0.1, -0.05) is 18.2 Å². The number of hydrogen-bond acceptors (Lipinski definition) is 4. The van der Waals surface area contributed by atoms with Crippen molar-refractivity contribution in [3.8, 4) is 0 Å². The first-order chi connectivity index (χ1) is 12.0. The summed E-state index contributed by atoms with van der Waals surface area (Å²) < 4.78 is 1.97. The lowest BCUT2D eigenvalue weighted by atomic mass is 9.97. The van der Waals surface area contributed by atoms with Gasteiger partial charge in [-0.2, -0.15) is 5.10 Å². The molecule has 134 valence electrons. The lowest BCUT2D eigenvalue weighted by Gasteiger charge is -2.33. The molecule has 1 amide bonds. The lowest BCUT2D eigenvalue weighted by molar-refractivity contribution is -0.133. The van der Waals surface area contributed by atoms with Crippen molar-refractivity contribution < 1.29 is 4.79 Å². The highest BCUT2D eigenvalue weighted by Crippen LogP contribution is 2.20. The van der Waals surface area contributed by atoms with E-state index in [9.17, 15) is 4.79 Å². The number of likely N-dealkylation sites (tertiary alicyclic amines) is 1. The Balaban J connectivity index is 1.54. The number of piperidine rings is 1. The van der Waals surface area contributed by atoms with E-state index in [4.69, 9.17) is 5.73 Å². The molecule has 0 saturated carbocycles. The Morgan fingerprint density at radius 3 is 2.84 bits per heavy atom. The van der Waals surface area contributed by atoms with Crippen LogP contribution in [0.5, 0.6) is 0 Å². The van der Waals surface area contributed by atoms with Crippen LogP contribution in [0.15, 0.2) is 24.3 Å². The van der Waals surface area contributed by atoms with E-state index in [1.54, 1.807) is 0 Å². The molecule has 6 heteroatoms. The Morgan fingerprint density at radius 1 is 1.32 bits per heavy atom. The summed E-state index contributed by atoms with van der Waals surface area (Å²) in [5.74, 6) is 2.42. The maximum atomic E-state index is 12.6. The topological polar surface area (TPSA) is 77.0 Å². The van der Waals surface area contributed by atoms with Crippen LogP contribution in [0.4, 0.5) is 5.69 Å². The average Bonchev–Trinajstić information content (AvgIpc) is 2.91. The van der Waals surface area contributed by atoms with Gasteiger partial charge in [0.25, 0.3) is 0 Å². The van der Waals surface area contributed by atoms with Gasteiger partial charge in [0.15, 0.2) is 0 Å². The number of aromatic nitrogens is 3. The lowest BCUT2D eigenvalue weighted by Crippen LogP contribution is -2.41. The number of aryl methyl sites for hydroxylation is 3. The molecular weight excluding hydrogens is 314 g/mol. The first-order valence-electron chi connectivity index (χ1n) is 9.02. The van der Waals surface area contributed by atoms with E-state index in [2.05, 4.69) is 10.1 Å². The molecule has 6 nitrogen and oxygen atoms in total. The second-order valence-corrected chi connectivity index (χ2v) is 6.94. The number of carbonyl (C=O) groups excluding carboxylic acids is 1. The predicted octanol–water partition coefficient (Wildman–Crippen LogP) is 2.35. The number of nitrogen functional groups attached to an aromatic ring is 1. The van der Waals surface area contributed by atoms with Gasteiger partial charge >= 0.3 is 0 Å². The number of carbonyl (C=O) groups is 1. The van der Waals surface area contributed by atoms with E-state index >= 15 is 0 Å². The zero-order valence-electron chi connectivity index (χ0n) is 15.1. The van der Waals surface area contributed by atoms with Crippen molar-refractivity contribution in [3.63, 3.8) is 0 Å². The maximum absolute atomic E-state index is 12.6. The monoisotopic (exact) mass is 341 g/mol. The predicted molar refractivity (Wildman–Crippen MR) is 98.0 cm³/mol. The number of amides is 1. The van der Waals surface area contributed by atoms with E-state index in [1.807, 2.05) is 47.7 Å². The Bertz CT molecular complexity index is 739. The number of hydrogen-bond donors (Lipinski definition) is 1. The molecule has 0 spiro atoms. The molecule has 1 unspecified atom stereocenters. The summed E-state index contributed by atoms with van der Waals surface area (Å²) in [6.45, 7) is 6.39. The van der Waals surface area contributed by atoms with Crippen LogP contribution >= 0.6 is 0 Å². The first kappa shape index (κ1) is 17.5. The number of benzene rings is 1.